The van der Waals surface area contributed by atoms with Gasteiger partial charge in [0.1, 0.15) is 17.2 Å². The van der Waals surface area contributed by atoms with E-state index in [1.165, 1.54) is 22.5 Å². The molecule has 0 radical (unpaired) electrons. The average molecular weight is 491 g/mol. The Balaban J connectivity index is 1.86. The van der Waals surface area contributed by atoms with Gasteiger partial charge in [0.15, 0.2) is 0 Å². The highest BCUT2D eigenvalue weighted by Crippen LogP contribution is 2.30. The van der Waals surface area contributed by atoms with Crippen molar-refractivity contribution in [3.8, 4) is 17.2 Å². The van der Waals surface area contributed by atoms with Crippen LogP contribution in [0.15, 0.2) is 47.4 Å². The first-order valence-corrected chi connectivity index (χ1v) is 12.3. The zero-order valence-electron chi connectivity index (χ0n) is 19.7. The van der Waals surface area contributed by atoms with Crippen molar-refractivity contribution in [3.63, 3.8) is 0 Å². The van der Waals surface area contributed by atoms with E-state index in [-0.39, 0.29) is 29.8 Å². The van der Waals surface area contributed by atoms with E-state index in [4.69, 9.17) is 18.9 Å². The van der Waals surface area contributed by atoms with Crippen LogP contribution >= 0.6 is 0 Å². The third-order valence-corrected chi connectivity index (χ3v) is 6.87. The van der Waals surface area contributed by atoms with E-state index >= 15 is 0 Å². The lowest BCUT2D eigenvalue weighted by Gasteiger charge is -2.26. The van der Waals surface area contributed by atoms with E-state index in [1.807, 2.05) is 13.8 Å². The van der Waals surface area contributed by atoms with Crippen molar-refractivity contribution in [2.24, 2.45) is 0 Å². The van der Waals surface area contributed by atoms with Crippen molar-refractivity contribution < 1.29 is 32.2 Å². The summed E-state index contributed by atoms with van der Waals surface area (Å²) in [5, 5.41) is 2.74. The van der Waals surface area contributed by atoms with Crippen molar-refractivity contribution in [3.05, 3.63) is 48.0 Å². The number of carbonyl (C=O) groups excluding carboxylic acids is 1. The fraction of sp³-hybridized carbons (Fsp3) is 0.375. The second-order valence-corrected chi connectivity index (χ2v) is 9.75. The minimum absolute atomic E-state index is 0.0716. The Bertz CT molecular complexity index is 1120. The number of nitrogens with one attached hydrogen (secondary N) is 1. The van der Waals surface area contributed by atoms with Gasteiger partial charge in [-0.2, -0.15) is 4.31 Å². The first-order valence-electron chi connectivity index (χ1n) is 10.8. The molecule has 0 saturated carbocycles. The Hall–Kier alpha value is -3.08. The highest BCUT2D eigenvalue weighted by Gasteiger charge is 2.27. The lowest BCUT2D eigenvalue weighted by atomic mass is 10.2. The first kappa shape index (κ1) is 25.5. The Labute approximate surface area is 200 Å². The van der Waals surface area contributed by atoms with Gasteiger partial charge in [0.05, 0.1) is 44.1 Å². The molecule has 1 heterocycles. The van der Waals surface area contributed by atoms with Crippen molar-refractivity contribution in [1.82, 2.24) is 4.31 Å². The Morgan fingerprint density at radius 1 is 1.06 bits per heavy atom. The molecule has 0 spiro atoms. The summed E-state index contributed by atoms with van der Waals surface area (Å²) in [6.07, 6.45) is 2.78. The lowest BCUT2D eigenvalue weighted by molar-refractivity contribution is -0.111. The molecule has 1 aliphatic rings. The van der Waals surface area contributed by atoms with Crippen molar-refractivity contribution in [2.75, 3.05) is 45.8 Å². The van der Waals surface area contributed by atoms with Crippen molar-refractivity contribution in [1.29, 1.82) is 0 Å². The van der Waals surface area contributed by atoms with Crippen LogP contribution in [0.5, 0.6) is 17.2 Å². The highest BCUT2D eigenvalue weighted by molar-refractivity contribution is 7.89. The van der Waals surface area contributed by atoms with Gasteiger partial charge in [-0.1, -0.05) is 0 Å². The standard InChI is InChI=1S/C24H30N2O7S/c1-17(2)33-23-7-6-21(34(28,29)26-9-11-32-12-10-26)16-22(23)25-24(27)8-5-18-13-19(30-3)15-20(14-18)31-4/h5-8,13-17H,9-12H2,1-4H3,(H,25,27)/b8-5+. The van der Waals surface area contributed by atoms with Gasteiger partial charge in [-0.15, -0.1) is 0 Å². The summed E-state index contributed by atoms with van der Waals surface area (Å²) in [5.74, 6) is 1.11. The number of anilines is 1. The zero-order chi connectivity index (χ0) is 24.7. The Kier molecular flexibility index (Phi) is 8.54. The number of rotatable bonds is 9. The maximum Gasteiger partial charge on any atom is 0.248 e. The maximum absolute atomic E-state index is 13.1. The monoisotopic (exact) mass is 490 g/mol. The molecule has 2 aromatic rings. The summed E-state index contributed by atoms with van der Waals surface area (Å²) in [7, 11) is -0.646. The van der Waals surface area contributed by atoms with E-state index < -0.39 is 15.9 Å². The van der Waals surface area contributed by atoms with Gasteiger partial charge in [-0.05, 0) is 55.8 Å². The second-order valence-electron chi connectivity index (χ2n) is 7.81. The second kappa shape index (κ2) is 11.4. The summed E-state index contributed by atoms with van der Waals surface area (Å²) in [6, 6.07) is 9.70. The van der Waals surface area contributed by atoms with Gasteiger partial charge < -0.3 is 24.3 Å². The zero-order valence-corrected chi connectivity index (χ0v) is 20.6. The van der Waals surface area contributed by atoms with Crippen molar-refractivity contribution in [2.45, 2.75) is 24.8 Å². The van der Waals surface area contributed by atoms with Crippen molar-refractivity contribution >= 4 is 27.7 Å². The normalized spacial score (nSPS) is 14.9. The van der Waals surface area contributed by atoms with Crippen LogP contribution in [0.25, 0.3) is 6.08 Å². The van der Waals surface area contributed by atoms with Crippen LogP contribution < -0.4 is 19.5 Å². The number of amides is 1. The predicted octanol–water partition coefficient (Wildman–Crippen LogP) is 3.16. The molecule has 34 heavy (non-hydrogen) atoms. The molecule has 1 fully saturated rings. The fourth-order valence-corrected chi connectivity index (χ4v) is 4.77. The molecule has 1 N–H and O–H groups in total. The summed E-state index contributed by atoms with van der Waals surface area (Å²) < 4.78 is 49.0. The van der Waals surface area contributed by atoms with Crippen LogP contribution in [0.3, 0.4) is 0 Å². The highest BCUT2D eigenvalue weighted by atomic mass is 32.2. The van der Waals surface area contributed by atoms with Crippen LogP contribution in [0, 0.1) is 0 Å². The van der Waals surface area contributed by atoms with Gasteiger partial charge in [0.2, 0.25) is 15.9 Å². The van der Waals surface area contributed by atoms with Gasteiger partial charge in [-0.3, -0.25) is 4.79 Å². The number of sulfonamides is 1. The Morgan fingerprint density at radius 2 is 1.71 bits per heavy atom. The first-order chi connectivity index (χ1) is 16.2. The molecule has 3 rings (SSSR count). The molecule has 184 valence electrons. The summed E-state index contributed by atoms with van der Waals surface area (Å²) >= 11 is 0. The quantitative estimate of drug-likeness (QED) is 0.539. The molecular weight excluding hydrogens is 460 g/mol. The van der Waals surface area contributed by atoms with E-state index in [1.54, 1.807) is 44.6 Å². The molecule has 0 bridgehead atoms. The van der Waals surface area contributed by atoms with E-state index in [2.05, 4.69) is 5.32 Å². The largest absolute Gasteiger partial charge is 0.497 e. The van der Waals surface area contributed by atoms with E-state index in [9.17, 15) is 13.2 Å². The SMILES string of the molecule is COc1cc(/C=C/C(=O)Nc2cc(S(=O)(=O)N3CCOCC3)ccc2OC(C)C)cc(OC)c1. The number of morpholine rings is 1. The molecule has 0 unspecified atom stereocenters. The minimum Gasteiger partial charge on any atom is -0.497 e. The molecule has 2 aromatic carbocycles. The average Bonchev–Trinajstić information content (AvgIpc) is 2.83. The molecule has 10 heteroatoms. The number of ether oxygens (including phenoxy) is 4. The van der Waals surface area contributed by atoms with E-state index in [0.717, 1.165) is 0 Å². The maximum atomic E-state index is 13.1. The van der Waals surface area contributed by atoms with Crippen LogP contribution in [0.1, 0.15) is 19.4 Å². The number of carbonyl (C=O) groups is 1. The number of nitrogens with zero attached hydrogens (tertiary/aromatic N) is 1. The number of methoxy groups -OCH3 is 2. The third-order valence-electron chi connectivity index (χ3n) is 4.98. The molecule has 0 atom stereocenters. The lowest BCUT2D eigenvalue weighted by Crippen LogP contribution is -2.40. The van der Waals surface area contributed by atoms with Gasteiger partial charge in [-0.25, -0.2) is 8.42 Å². The molecule has 1 amide bonds. The van der Waals surface area contributed by atoms with Gasteiger partial charge >= 0.3 is 0 Å². The molecule has 1 aliphatic heterocycles. The third kappa shape index (κ3) is 6.49. The predicted molar refractivity (Wildman–Crippen MR) is 129 cm³/mol. The smallest absolute Gasteiger partial charge is 0.248 e. The summed E-state index contributed by atoms with van der Waals surface area (Å²) in [4.78, 5) is 12.8. The topological polar surface area (TPSA) is 103 Å². The molecular formula is C24H30N2O7S. The number of benzene rings is 2. The summed E-state index contributed by atoms with van der Waals surface area (Å²) in [5.41, 5.74) is 0.967. The van der Waals surface area contributed by atoms with Crippen LogP contribution in [-0.4, -0.2) is 65.3 Å². The van der Waals surface area contributed by atoms with Gasteiger partial charge in [0.25, 0.3) is 0 Å². The van der Waals surface area contributed by atoms with E-state index in [0.29, 0.717) is 36.0 Å². The molecule has 1 saturated heterocycles. The van der Waals surface area contributed by atoms with Crippen LogP contribution in [0.2, 0.25) is 0 Å². The molecule has 0 aliphatic carbocycles. The molecule has 9 nitrogen and oxygen atoms in total. The number of hydrogen-bond donors (Lipinski definition) is 1. The van der Waals surface area contributed by atoms with Crippen LogP contribution in [-0.2, 0) is 19.6 Å². The molecule has 0 aromatic heterocycles. The number of hydrogen-bond acceptors (Lipinski definition) is 7. The minimum atomic E-state index is -3.74. The summed E-state index contributed by atoms with van der Waals surface area (Å²) in [6.45, 7) is 4.94. The fourth-order valence-electron chi connectivity index (χ4n) is 3.33. The Morgan fingerprint density at radius 3 is 2.29 bits per heavy atom. The van der Waals surface area contributed by atoms with Crippen LogP contribution in [0.4, 0.5) is 5.69 Å². The van der Waals surface area contributed by atoms with Gasteiger partial charge in [0, 0.05) is 25.2 Å².